The lowest BCUT2D eigenvalue weighted by Gasteiger charge is -2.19. The van der Waals surface area contributed by atoms with Crippen molar-refractivity contribution in [3.8, 4) is 22.3 Å². The summed E-state index contributed by atoms with van der Waals surface area (Å²) in [5, 5.41) is 1.76. The first-order chi connectivity index (χ1) is 12.4. The SMILES string of the molecule is CC(C)(C)c1ccc(-c2ccc(-c3ccc(CBr)c(CBr)c3)cc2)cc1. The van der Waals surface area contributed by atoms with Crippen LogP contribution in [-0.2, 0) is 16.1 Å². The maximum Gasteiger partial charge on any atom is 0.0286 e. The fraction of sp³-hybridized carbons (Fsp3) is 0.250. The Morgan fingerprint density at radius 2 is 1.00 bits per heavy atom. The highest BCUT2D eigenvalue weighted by molar-refractivity contribution is 9.09. The van der Waals surface area contributed by atoms with Crippen molar-refractivity contribution in [3.63, 3.8) is 0 Å². The third kappa shape index (κ3) is 4.29. The van der Waals surface area contributed by atoms with Crippen molar-refractivity contribution in [2.45, 2.75) is 36.8 Å². The number of hydrogen-bond donors (Lipinski definition) is 0. The molecule has 0 bridgehead atoms. The molecule has 3 rings (SSSR count). The van der Waals surface area contributed by atoms with Crippen molar-refractivity contribution < 1.29 is 0 Å². The fourth-order valence-electron chi connectivity index (χ4n) is 3.08. The average molecular weight is 472 g/mol. The van der Waals surface area contributed by atoms with Crippen LogP contribution in [0.4, 0.5) is 0 Å². The minimum Gasteiger partial charge on any atom is -0.0876 e. The van der Waals surface area contributed by atoms with Crippen LogP contribution in [0.15, 0.2) is 66.7 Å². The average Bonchev–Trinajstić information content (AvgIpc) is 2.67. The zero-order chi connectivity index (χ0) is 18.7. The summed E-state index contributed by atoms with van der Waals surface area (Å²) in [5.41, 5.74) is 9.26. The van der Waals surface area contributed by atoms with Gasteiger partial charge in [-0.25, -0.2) is 0 Å². The second kappa shape index (κ2) is 8.10. The Labute approximate surface area is 173 Å². The molecule has 0 saturated carbocycles. The largest absolute Gasteiger partial charge is 0.0876 e. The summed E-state index contributed by atoms with van der Waals surface area (Å²) in [6, 6.07) is 24.5. The van der Waals surface area contributed by atoms with E-state index in [0.717, 1.165) is 10.7 Å². The van der Waals surface area contributed by atoms with Gasteiger partial charge in [0.15, 0.2) is 0 Å². The molecule has 0 amide bonds. The van der Waals surface area contributed by atoms with Crippen LogP contribution >= 0.6 is 31.9 Å². The Kier molecular flexibility index (Phi) is 6.04. The van der Waals surface area contributed by atoms with Crippen molar-refractivity contribution in [1.29, 1.82) is 0 Å². The van der Waals surface area contributed by atoms with Crippen LogP contribution in [-0.4, -0.2) is 0 Å². The van der Waals surface area contributed by atoms with E-state index in [0.29, 0.717) is 0 Å². The summed E-state index contributed by atoms with van der Waals surface area (Å²) < 4.78 is 0. The van der Waals surface area contributed by atoms with Crippen LogP contribution in [0.25, 0.3) is 22.3 Å². The van der Waals surface area contributed by atoms with E-state index < -0.39 is 0 Å². The van der Waals surface area contributed by atoms with E-state index in [4.69, 9.17) is 0 Å². The quantitative estimate of drug-likeness (QED) is 0.337. The second-order valence-corrected chi connectivity index (χ2v) is 8.78. The van der Waals surface area contributed by atoms with Gasteiger partial charge < -0.3 is 0 Å². The van der Waals surface area contributed by atoms with Gasteiger partial charge in [-0.1, -0.05) is 119 Å². The van der Waals surface area contributed by atoms with Gasteiger partial charge in [0.2, 0.25) is 0 Å². The smallest absolute Gasteiger partial charge is 0.0286 e. The van der Waals surface area contributed by atoms with Gasteiger partial charge in [-0.3, -0.25) is 0 Å². The molecule has 2 heteroatoms. The fourth-order valence-corrected chi connectivity index (χ4v) is 4.15. The van der Waals surface area contributed by atoms with Crippen molar-refractivity contribution in [3.05, 3.63) is 83.4 Å². The van der Waals surface area contributed by atoms with Gasteiger partial charge in [0, 0.05) is 10.7 Å². The Bertz CT molecular complexity index is 870. The summed E-state index contributed by atoms with van der Waals surface area (Å²) >= 11 is 7.16. The zero-order valence-electron chi connectivity index (χ0n) is 15.5. The molecule has 0 atom stereocenters. The maximum absolute atomic E-state index is 3.60. The van der Waals surface area contributed by atoms with Gasteiger partial charge in [-0.15, -0.1) is 0 Å². The minimum atomic E-state index is 0.191. The highest BCUT2D eigenvalue weighted by Crippen LogP contribution is 2.29. The van der Waals surface area contributed by atoms with E-state index in [1.54, 1.807) is 0 Å². The summed E-state index contributed by atoms with van der Waals surface area (Å²) in [5.74, 6) is 0. The molecule has 0 nitrogen and oxygen atoms in total. The van der Waals surface area contributed by atoms with E-state index >= 15 is 0 Å². The summed E-state index contributed by atoms with van der Waals surface area (Å²) in [4.78, 5) is 0. The van der Waals surface area contributed by atoms with E-state index in [1.807, 2.05) is 0 Å². The van der Waals surface area contributed by atoms with Gasteiger partial charge in [0.25, 0.3) is 0 Å². The molecule has 0 N–H and O–H groups in total. The number of alkyl halides is 2. The lowest BCUT2D eigenvalue weighted by molar-refractivity contribution is 0.590. The molecule has 0 heterocycles. The first-order valence-electron chi connectivity index (χ1n) is 8.87. The Hall–Kier alpha value is -1.38. The van der Waals surface area contributed by atoms with Crippen LogP contribution < -0.4 is 0 Å². The molecule has 0 aromatic heterocycles. The van der Waals surface area contributed by atoms with Crippen molar-refractivity contribution in [2.75, 3.05) is 0 Å². The van der Waals surface area contributed by atoms with E-state index in [9.17, 15) is 0 Å². The number of halogens is 2. The molecule has 3 aromatic carbocycles. The second-order valence-electron chi connectivity index (χ2n) is 7.66. The normalized spacial score (nSPS) is 11.6. The predicted octanol–water partition coefficient (Wildman–Crippen LogP) is 8.11. The van der Waals surface area contributed by atoms with E-state index in [-0.39, 0.29) is 5.41 Å². The van der Waals surface area contributed by atoms with Crippen molar-refractivity contribution in [1.82, 2.24) is 0 Å². The van der Waals surface area contributed by atoms with Crippen LogP contribution in [0.2, 0.25) is 0 Å². The molecule has 0 spiro atoms. The van der Waals surface area contributed by atoms with Crippen LogP contribution in [0.1, 0.15) is 37.5 Å². The monoisotopic (exact) mass is 470 g/mol. The molecule has 0 radical (unpaired) electrons. The summed E-state index contributed by atoms with van der Waals surface area (Å²) in [7, 11) is 0. The number of rotatable bonds is 4. The Morgan fingerprint density at radius 3 is 1.46 bits per heavy atom. The lowest BCUT2D eigenvalue weighted by Crippen LogP contribution is -2.10. The third-order valence-electron chi connectivity index (χ3n) is 4.80. The van der Waals surface area contributed by atoms with Crippen LogP contribution in [0.5, 0.6) is 0 Å². The summed E-state index contributed by atoms with van der Waals surface area (Å²) in [6.45, 7) is 6.75. The van der Waals surface area contributed by atoms with Crippen LogP contribution in [0.3, 0.4) is 0 Å². The topological polar surface area (TPSA) is 0 Å². The molecular weight excluding hydrogens is 448 g/mol. The molecule has 0 saturated heterocycles. The molecule has 134 valence electrons. The predicted molar refractivity (Wildman–Crippen MR) is 121 cm³/mol. The zero-order valence-corrected chi connectivity index (χ0v) is 18.7. The van der Waals surface area contributed by atoms with E-state index in [1.165, 1.54) is 38.9 Å². The van der Waals surface area contributed by atoms with Gasteiger partial charge in [0.05, 0.1) is 0 Å². The Balaban J connectivity index is 1.87. The molecule has 0 aliphatic rings. The maximum atomic E-state index is 3.60. The number of benzene rings is 3. The third-order valence-corrected chi connectivity index (χ3v) is 6.00. The van der Waals surface area contributed by atoms with Crippen molar-refractivity contribution in [2.24, 2.45) is 0 Å². The van der Waals surface area contributed by atoms with Crippen LogP contribution in [0, 0.1) is 0 Å². The molecule has 0 fully saturated rings. The number of hydrogen-bond acceptors (Lipinski definition) is 0. The molecule has 0 aliphatic heterocycles. The lowest BCUT2D eigenvalue weighted by atomic mass is 9.86. The first kappa shape index (κ1) is 19.4. The van der Waals surface area contributed by atoms with Gasteiger partial charge in [-0.05, 0) is 44.4 Å². The van der Waals surface area contributed by atoms with Gasteiger partial charge in [0.1, 0.15) is 0 Å². The molecule has 0 aliphatic carbocycles. The highest BCUT2D eigenvalue weighted by Gasteiger charge is 2.13. The van der Waals surface area contributed by atoms with Crippen molar-refractivity contribution >= 4 is 31.9 Å². The van der Waals surface area contributed by atoms with E-state index in [2.05, 4.69) is 119 Å². The minimum absolute atomic E-state index is 0.191. The molecule has 0 unspecified atom stereocenters. The summed E-state index contributed by atoms with van der Waals surface area (Å²) in [6.07, 6.45) is 0. The molecule has 26 heavy (non-hydrogen) atoms. The Morgan fingerprint density at radius 1 is 0.577 bits per heavy atom. The highest BCUT2D eigenvalue weighted by atomic mass is 79.9. The van der Waals surface area contributed by atoms with Gasteiger partial charge >= 0.3 is 0 Å². The first-order valence-corrected chi connectivity index (χ1v) is 11.1. The van der Waals surface area contributed by atoms with Gasteiger partial charge in [-0.2, -0.15) is 0 Å². The standard InChI is InChI=1S/C24H24Br2/c1-24(2,3)23-12-10-18(11-13-23)17-4-6-19(7-5-17)20-8-9-21(15-25)22(14-20)16-26/h4-14H,15-16H2,1-3H3. The molecule has 3 aromatic rings. The molecular formula is C24H24Br2.